The highest BCUT2D eigenvalue weighted by Crippen LogP contribution is 2.31. The molecule has 3 aromatic rings. The topological polar surface area (TPSA) is 75.3 Å². The third-order valence-electron chi connectivity index (χ3n) is 4.33. The minimum Gasteiger partial charge on any atom is -0.325 e. The second-order valence-corrected chi connectivity index (χ2v) is 10.7. The molecular formula is C22H20Cl2N2O3S2. The van der Waals surface area contributed by atoms with Crippen LogP contribution in [0.15, 0.2) is 76.5 Å². The highest BCUT2D eigenvalue weighted by Gasteiger charge is 2.18. The number of halogens is 2. The highest BCUT2D eigenvalue weighted by molar-refractivity contribution is 8.00. The van der Waals surface area contributed by atoms with E-state index in [0.29, 0.717) is 5.69 Å². The third-order valence-corrected chi connectivity index (χ3v) is 7.64. The molecule has 0 heterocycles. The first-order chi connectivity index (χ1) is 14.7. The Labute approximate surface area is 196 Å². The molecule has 0 saturated carbocycles. The van der Waals surface area contributed by atoms with Crippen LogP contribution >= 0.6 is 35.0 Å². The summed E-state index contributed by atoms with van der Waals surface area (Å²) in [5.74, 6) is -0.176. The third kappa shape index (κ3) is 6.17. The van der Waals surface area contributed by atoms with Gasteiger partial charge in [-0.05, 0) is 62.4 Å². The first-order valence-electron chi connectivity index (χ1n) is 9.27. The predicted molar refractivity (Wildman–Crippen MR) is 129 cm³/mol. The number of aryl methyl sites for hydroxylation is 1. The molecule has 162 valence electrons. The Hall–Kier alpha value is -2.19. The standard InChI is InChI=1S/C22H20Cl2N2O3S2/c1-14-6-10-17(11-7-14)30-15(2)22(27)25-16-8-12-18(13-9-16)31(28,29)26-20-5-3-4-19(23)21(20)24/h3-13,15,26H,1-2H3,(H,25,27)/t15-/m1/s1. The van der Waals surface area contributed by atoms with Gasteiger partial charge < -0.3 is 5.32 Å². The number of benzene rings is 3. The molecule has 0 aromatic heterocycles. The Kier molecular flexibility index (Phi) is 7.54. The van der Waals surface area contributed by atoms with Crippen molar-refractivity contribution in [1.82, 2.24) is 0 Å². The van der Waals surface area contributed by atoms with Crippen LogP contribution in [0.25, 0.3) is 0 Å². The molecule has 9 heteroatoms. The van der Waals surface area contributed by atoms with Gasteiger partial charge in [0.2, 0.25) is 5.91 Å². The zero-order valence-corrected chi connectivity index (χ0v) is 19.9. The van der Waals surface area contributed by atoms with Crippen molar-refractivity contribution >= 4 is 62.3 Å². The van der Waals surface area contributed by atoms with Crippen LogP contribution in [0.3, 0.4) is 0 Å². The van der Waals surface area contributed by atoms with Crippen molar-refractivity contribution in [3.63, 3.8) is 0 Å². The van der Waals surface area contributed by atoms with E-state index in [4.69, 9.17) is 23.2 Å². The summed E-state index contributed by atoms with van der Waals surface area (Å²) < 4.78 is 27.7. The highest BCUT2D eigenvalue weighted by atomic mass is 35.5. The number of amides is 1. The Morgan fingerprint density at radius 3 is 2.26 bits per heavy atom. The summed E-state index contributed by atoms with van der Waals surface area (Å²) in [4.78, 5) is 13.5. The van der Waals surface area contributed by atoms with Crippen molar-refractivity contribution in [3.8, 4) is 0 Å². The van der Waals surface area contributed by atoms with E-state index in [2.05, 4.69) is 10.0 Å². The van der Waals surface area contributed by atoms with Gasteiger partial charge in [0, 0.05) is 10.6 Å². The van der Waals surface area contributed by atoms with Crippen LogP contribution in [0.4, 0.5) is 11.4 Å². The summed E-state index contributed by atoms with van der Waals surface area (Å²) in [7, 11) is -3.87. The van der Waals surface area contributed by atoms with Crippen molar-refractivity contribution in [2.24, 2.45) is 0 Å². The van der Waals surface area contributed by atoms with E-state index in [0.717, 1.165) is 10.5 Å². The monoisotopic (exact) mass is 494 g/mol. The van der Waals surface area contributed by atoms with Crippen LogP contribution in [0.2, 0.25) is 10.0 Å². The zero-order valence-electron chi connectivity index (χ0n) is 16.7. The maximum Gasteiger partial charge on any atom is 0.261 e. The molecule has 5 nitrogen and oxygen atoms in total. The van der Waals surface area contributed by atoms with E-state index >= 15 is 0 Å². The van der Waals surface area contributed by atoms with Crippen LogP contribution < -0.4 is 10.0 Å². The van der Waals surface area contributed by atoms with E-state index in [-0.39, 0.29) is 31.8 Å². The number of sulfonamides is 1. The largest absolute Gasteiger partial charge is 0.325 e. The predicted octanol–water partition coefficient (Wildman–Crippen LogP) is 6.22. The Bertz CT molecular complexity index is 1180. The van der Waals surface area contributed by atoms with Crippen LogP contribution in [0, 0.1) is 6.92 Å². The molecule has 1 atom stereocenters. The Morgan fingerprint density at radius 2 is 1.61 bits per heavy atom. The van der Waals surface area contributed by atoms with Crippen LogP contribution in [0.1, 0.15) is 12.5 Å². The summed E-state index contributed by atoms with van der Waals surface area (Å²) in [6.45, 7) is 3.82. The summed E-state index contributed by atoms with van der Waals surface area (Å²) in [5.41, 5.74) is 1.85. The average Bonchev–Trinajstić information content (AvgIpc) is 2.73. The first-order valence-corrected chi connectivity index (χ1v) is 12.4. The molecule has 0 radical (unpaired) electrons. The number of nitrogens with one attached hydrogen (secondary N) is 2. The summed E-state index contributed by atoms with van der Waals surface area (Å²) >= 11 is 13.4. The number of thioether (sulfide) groups is 1. The fourth-order valence-corrected chi connectivity index (χ4v) is 4.97. The summed E-state index contributed by atoms with van der Waals surface area (Å²) in [6, 6.07) is 18.5. The second kappa shape index (κ2) is 9.96. The van der Waals surface area contributed by atoms with E-state index in [9.17, 15) is 13.2 Å². The molecule has 3 aromatic carbocycles. The molecule has 0 saturated heterocycles. The van der Waals surface area contributed by atoms with Gasteiger partial charge in [0.1, 0.15) is 0 Å². The van der Waals surface area contributed by atoms with Gasteiger partial charge in [-0.15, -0.1) is 11.8 Å². The molecule has 2 N–H and O–H groups in total. The first kappa shape index (κ1) is 23.5. The van der Waals surface area contributed by atoms with Gasteiger partial charge in [0.15, 0.2) is 0 Å². The smallest absolute Gasteiger partial charge is 0.261 e. The molecule has 3 rings (SSSR count). The molecule has 0 unspecified atom stereocenters. The second-order valence-electron chi connectivity index (χ2n) is 6.79. The van der Waals surface area contributed by atoms with Crippen molar-refractivity contribution < 1.29 is 13.2 Å². The van der Waals surface area contributed by atoms with E-state index in [1.54, 1.807) is 12.1 Å². The maximum absolute atomic E-state index is 12.6. The quantitative estimate of drug-likeness (QED) is 0.382. The fraction of sp³-hybridized carbons (Fsp3) is 0.136. The van der Waals surface area contributed by atoms with Gasteiger partial charge >= 0.3 is 0 Å². The van der Waals surface area contributed by atoms with Gasteiger partial charge in [-0.1, -0.05) is 47.0 Å². The van der Waals surface area contributed by atoms with Gasteiger partial charge in [-0.2, -0.15) is 0 Å². The molecule has 0 spiro atoms. The number of anilines is 2. The Balaban J connectivity index is 1.65. The SMILES string of the molecule is Cc1ccc(S[C@H](C)C(=O)Nc2ccc(S(=O)(=O)Nc3cccc(Cl)c3Cl)cc2)cc1. The zero-order chi connectivity index (χ0) is 22.6. The number of carbonyl (C=O) groups is 1. The van der Waals surface area contributed by atoms with Gasteiger partial charge in [0.25, 0.3) is 10.0 Å². The summed E-state index contributed by atoms with van der Waals surface area (Å²) in [5, 5.41) is 2.85. The van der Waals surface area contributed by atoms with Gasteiger partial charge in [0.05, 0.1) is 25.9 Å². The minimum absolute atomic E-state index is 0.0311. The van der Waals surface area contributed by atoms with Gasteiger partial charge in [-0.25, -0.2) is 8.42 Å². The molecule has 1 amide bonds. The van der Waals surface area contributed by atoms with Crippen molar-refractivity contribution in [2.45, 2.75) is 28.9 Å². The maximum atomic E-state index is 12.6. The van der Waals surface area contributed by atoms with Crippen molar-refractivity contribution in [3.05, 3.63) is 82.3 Å². The summed E-state index contributed by atoms with van der Waals surface area (Å²) in [6.07, 6.45) is 0. The minimum atomic E-state index is -3.87. The van der Waals surface area contributed by atoms with Crippen molar-refractivity contribution in [2.75, 3.05) is 10.0 Å². The molecule has 31 heavy (non-hydrogen) atoms. The molecule has 0 aliphatic rings. The van der Waals surface area contributed by atoms with Crippen molar-refractivity contribution in [1.29, 1.82) is 0 Å². The van der Waals surface area contributed by atoms with E-state index in [1.807, 2.05) is 38.1 Å². The molecule has 0 aliphatic carbocycles. The average molecular weight is 495 g/mol. The van der Waals surface area contributed by atoms with Crippen LogP contribution in [-0.2, 0) is 14.8 Å². The number of hydrogen-bond acceptors (Lipinski definition) is 4. The normalized spacial score (nSPS) is 12.3. The molecule has 0 fully saturated rings. The fourth-order valence-electron chi connectivity index (χ4n) is 2.62. The lowest BCUT2D eigenvalue weighted by molar-refractivity contribution is -0.115. The number of hydrogen-bond donors (Lipinski definition) is 2. The van der Waals surface area contributed by atoms with Crippen LogP contribution in [0.5, 0.6) is 0 Å². The van der Waals surface area contributed by atoms with Gasteiger partial charge in [-0.3, -0.25) is 9.52 Å². The van der Waals surface area contributed by atoms with Crippen LogP contribution in [-0.4, -0.2) is 19.6 Å². The lowest BCUT2D eigenvalue weighted by Gasteiger charge is -2.13. The Morgan fingerprint density at radius 1 is 0.968 bits per heavy atom. The lowest BCUT2D eigenvalue weighted by Crippen LogP contribution is -2.22. The molecule has 0 bridgehead atoms. The number of carbonyl (C=O) groups excluding carboxylic acids is 1. The number of rotatable bonds is 7. The molecule has 0 aliphatic heterocycles. The van der Waals surface area contributed by atoms with E-state index in [1.165, 1.54) is 42.1 Å². The molecular weight excluding hydrogens is 475 g/mol. The lowest BCUT2D eigenvalue weighted by atomic mass is 10.2. The van der Waals surface area contributed by atoms with E-state index < -0.39 is 10.0 Å².